The molecule has 11 nitrogen and oxygen atoms in total. The van der Waals surface area contributed by atoms with Crippen molar-refractivity contribution >= 4 is 155 Å². The fourth-order valence-electron chi connectivity index (χ4n) is 18.0. The minimum absolute atomic E-state index is 0.00283. The fourth-order valence-corrected chi connectivity index (χ4v) is 18.0. The SMILES string of the molecule is [2H]c1c([2H])c([2H])c2c(c1[2H])Oc1c([2H])c(-n3c4c([2H])c([2H])c([2H])c([2H])c4c4c([2H])c([2H])c([2H])c([2H])c43)c([2H])c3c1B2c1c([2H])c([2H])c([2H])c(C)c1O3.[2H]c1c([2H])c([2H])c2c(c1[2H])Oc1c([2H])c(-n3c4ccccc4c4ccccc43)c([2H])c3c1B2c1c([2H])c([2H])c([2H])c(C)c1O3.[2H]c1ccc2c(c1)c1cc([2H])ccc1n2-c1cc(-n2c3ccc([2H])cc3c3cc(C)ccc32)nc(-c2ccccc2-n2c3ccc([2H])cc3c3cc([2H])ccc32)n1. The van der Waals surface area contributed by atoms with E-state index in [1.165, 1.54) is 6.92 Å². The molecule has 0 bridgehead atoms. The van der Waals surface area contributed by atoms with Crippen LogP contribution in [0.15, 0.2) is 375 Å². The molecule has 122 heavy (non-hydrogen) atoms. The number of para-hydroxylation sites is 14. The number of hydrogen-bond donors (Lipinski definition) is 0. The first-order valence-corrected chi connectivity index (χ1v) is 39.1. The van der Waals surface area contributed by atoms with Gasteiger partial charge in [-0.25, -0.2) is 9.97 Å². The van der Waals surface area contributed by atoms with Crippen molar-refractivity contribution in [3.05, 3.63) is 392 Å². The second-order valence-electron chi connectivity index (χ2n) is 29.9. The van der Waals surface area contributed by atoms with E-state index in [0.717, 1.165) is 109 Å². The first kappa shape index (κ1) is 45.2. The third kappa shape index (κ3) is 10.5. The minimum atomic E-state index is -1.37. The van der Waals surface area contributed by atoms with Gasteiger partial charge in [-0.05, 0) is 145 Å². The lowest BCUT2D eigenvalue weighted by atomic mass is 9.34. The molecule has 0 saturated carbocycles. The predicted octanol–water partition coefficient (Wildman–Crippen LogP) is 23.4. The summed E-state index contributed by atoms with van der Waals surface area (Å²) in [5, 5.41) is 6.68. The molecule has 17 aromatic carbocycles. The number of rotatable bonds is 6. The molecule has 0 spiro atoms. The highest BCUT2D eigenvalue weighted by molar-refractivity contribution is 6.99. The van der Waals surface area contributed by atoms with Crippen molar-refractivity contribution in [2.75, 3.05) is 0 Å². The van der Waals surface area contributed by atoms with Gasteiger partial charge in [0.25, 0.3) is 13.4 Å². The van der Waals surface area contributed by atoms with E-state index in [1.807, 2.05) is 133 Å². The van der Waals surface area contributed by atoms with Crippen molar-refractivity contribution in [3.8, 4) is 86.1 Å². The summed E-state index contributed by atoms with van der Waals surface area (Å²) in [6.07, 6.45) is 0. The van der Waals surface area contributed by atoms with Crippen LogP contribution in [0.25, 0.3) is 149 Å². The molecule has 23 aromatic rings. The van der Waals surface area contributed by atoms with E-state index < -0.39 is 151 Å². The van der Waals surface area contributed by atoms with Crippen molar-refractivity contribution in [1.29, 1.82) is 0 Å². The number of aryl methyl sites for hydroxylation is 1. The van der Waals surface area contributed by atoms with Crippen molar-refractivity contribution < 1.29 is 61.4 Å². The summed E-state index contributed by atoms with van der Waals surface area (Å²) >= 11 is 0. The molecule has 0 aliphatic carbocycles. The van der Waals surface area contributed by atoms with E-state index in [1.54, 1.807) is 41.8 Å². The summed E-state index contributed by atoms with van der Waals surface area (Å²) in [4.78, 5) is 10.8. The molecule has 0 saturated heterocycles. The molecule has 0 amide bonds. The van der Waals surface area contributed by atoms with Gasteiger partial charge in [0.1, 0.15) is 57.6 Å². The Morgan fingerprint density at radius 3 is 1.13 bits per heavy atom. The van der Waals surface area contributed by atoms with Gasteiger partial charge in [-0.1, -0.05) is 260 Å². The largest absolute Gasteiger partial charge is 0.458 e. The van der Waals surface area contributed by atoms with Gasteiger partial charge in [-0.2, -0.15) is 0 Å². The number of benzene rings is 17. The number of hydrogen-bond acceptors (Lipinski definition) is 6. The van der Waals surface area contributed by atoms with Gasteiger partial charge in [0.05, 0.1) is 115 Å². The summed E-state index contributed by atoms with van der Waals surface area (Å²) in [6, 6.07) is 47.9. The summed E-state index contributed by atoms with van der Waals surface area (Å²) in [5.74, 6) is 0.187. The quantitative estimate of drug-likeness (QED) is 0.154. The van der Waals surface area contributed by atoms with Gasteiger partial charge in [-0.15, -0.1) is 0 Å². The lowest BCUT2D eigenvalue weighted by molar-refractivity contribution is 0.462. The van der Waals surface area contributed by atoms with Crippen molar-refractivity contribution in [3.63, 3.8) is 0 Å². The highest BCUT2D eigenvalue weighted by atomic mass is 16.5. The van der Waals surface area contributed by atoms with Crippen LogP contribution in [-0.4, -0.2) is 46.2 Å². The van der Waals surface area contributed by atoms with E-state index in [2.05, 4.69) is 44.9 Å². The molecule has 0 unspecified atom stereocenters. The maximum Gasteiger partial charge on any atom is 0.260 e. The zero-order valence-electron chi connectivity index (χ0n) is 95.3. The molecule has 6 aromatic heterocycles. The van der Waals surface area contributed by atoms with Crippen LogP contribution in [0.1, 0.15) is 59.2 Å². The highest BCUT2D eigenvalue weighted by Gasteiger charge is 2.43. The van der Waals surface area contributed by atoms with Crippen LogP contribution in [0.4, 0.5) is 0 Å². The van der Waals surface area contributed by atoms with E-state index in [4.69, 9.17) is 65.9 Å². The number of aromatic nitrogens is 7. The summed E-state index contributed by atoms with van der Waals surface area (Å²) in [6.45, 7) is 2.62. The smallest absolute Gasteiger partial charge is 0.260 e. The topological polar surface area (TPSA) is 87.4 Å². The predicted molar refractivity (Wildman–Crippen MR) is 502 cm³/mol. The Kier molecular flexibility index (Phi) is 10.0. The third-order valence-corrected chi connectivity index (χ3v) is 23.2. The molecule has 4 aliphatic rings. The first-order chi connectivity index (χ1) is 73.1. The molecule has 4 aliphatic heterocycles. The molecule has 0 N–H and O–H groups in total. The van der Waals surface area contributed by atoms with Crippen LogP contribution in [0.2, 0.25) is 0 Å². The second-order valence-corrected chi connectivity index (χ2v) is 29.9. The number of ether oxygens (including phenoxy) is 4. The molecular weight excluding hydrogens is 1490 g/mol. The fraction of sp³-hybridized carbons (Fsp3) is 0.0275. The van der Waals surface area contributed by atoms with Gasteiger partial charge >= 0.3 is 0 Å². The van der Waals surface area contributed by atoms with E-state index in [-0.39, 0.29) is 142 Å². The Hall–Kier alpha value is -15.9. The zero-order valence-corrected chi connectivity index (χ0v) is 64.3. The summed E-state index contributed by atoms with van der Waals surface area (Å²) in [5.41, 5.74) is 8.78. The maximum atomic E-state index is 9.55. The van der Waals surface area contributed by atoms with Crippen LogP contribution in [0.3, 0.4) is 0 Å². The number of nitrogens with zero attached hydrogens (tertiary/aromatic N) is 7. The molecule has 0 atom stereocenters. The Morgan fingerprint density at radius 1 is 0.270 bits per heavy atom. The van der Waals surface area contributed by atoms with Crippen LogP contribution >= 0.6 is 0 Å². The van der Waals surface area contributed by atoms with Gasteiger partial charge in [0.2, 0.25) is 0 Å². The molecule has 0 fully saturated rings. The van der Waals surface area contributed by atoms with Crippen LogP contribution in [0.5, 0.6) is 46.0 Å². The molecule has 0 radical (unpaired) electrons. The van der Waals surface area contributed by atoms with Gasteiger partial charge in [0, 0.05) is 101 Å². The molecular formula is C109H71B2N7O4. The van der Waals surface area contributed by atoms with Crippen LogP contribution < -0.4 is 51.7 Å². The van der Waals surface area contributed by atoms with Gasteiger partial charge in [-0.3, -0.25) is 9.13 Å². The summed E-state index contributed by atoms with van der Waals surface area (Å²) in [7, 11) is 0. The van der Waals surface area contributed by atoms with Crippen molar-refractivity contribution in [2.45, 2.75) is 20.8 Å². The lowest BCUT2D eigenvalue weighted by Gasteiger charge is -2.34. The lowest BCUT2D eigenvalue weighted by Crippen LogP contribution is -2.57. The normalized spacial score (nSPS) is 16.2. The van der Waals surface area contributed by atoms with E-state index >= 15 is 0 Å². The summed E-state index contributed by atoms with van der Waals surface area (Å²) < 4.78 is 304. The average Bonchev–Trinajstić information content (AvgIpc) is 1.11. The maximum absolute atomic E-state index is 9.55. The average molecular weight is 1600 g/mol. The van der Waals surface area contributed by atoms with Gasteiger partial charge < -0.3 is 32.6 Å². The van der Waals surface area contributed by atoms with Crippen LogP contribution in [-0.2, 0) is 0 Å². The van der Waals surface area contributed by atoms with Crippen molar-refractivity contribution in [1.82, 2.24) is 32.8 Å². The Bertz CT molecular complexity index is 9750. The third-order valence-electron chi connectivity index (χ3n) is 23.2. The monoisotopic (exact) mass is 1590 g/mol. The zero-order chi connectivity index (χ0) is 108. The first-order valence-electron chi connectivity index (χ1n) is 54.6. The standard InChI is InChI=1S/C47H31N5.2C31H20BNO2/c1-30-26-27-44-37(28-30)35-18-6-12-24-42(35)52(44)46-29-45(51-40-22-10-4-16-33(40)34-17-5-11-23-41(34)51)48-47(49-46)36-19-7-13-25-43(36)50-38-20-8-2-14-31(38)32-15-3-9-21-39(32)50;2*1-19-9-8-13-24-31(19)35-29-18-20(17-28-30(29)32(24)23-12-4-7-16-27(23)34-28)33-25-14-5-2-10-21(25)22-11-3-6-15-26(22)33/h2-29H,1H3;2*2-18H,1H3/i2D,3D,4D,5D,6D;2D,3D,4D,5D,6D,7D,8D,9D,10D,11D,12D,13D,14D,15D,16D,17D,18D;4D,7D,8D,9D,12D,13D,16D,17D,18D. The Balaban J connectivity index is 0.000000119. The second kappa shape index (κ2) is 27.1. The molecule has 13 heteroatoms. The Labute approximate surface area is 745 Å². The number of fused-ring (bicyclic) bond motifs is 23. The molecule has 27 rings (SSSR count). The minimum Gasteiger partial charge on any atom is -0.458 e. The van der Waals surface area contributed by atoms with Gasteiger partial charge in [0.15, 0.2) is 5.82 Å². The van der Waals surface area contributed by atoms with E-state index in [9.17, 15) is 5.48 Å². The van der Waals surface area contributed by atoms with Crippen LogP contribution in [0, 0.1) is 20.8 Å². The molecule has 10 heterocycles. The Morgan fingerprint density at radius 2 is 0.639 bits per heavy atom. The highest BCUT2D eigenvalue weighted by Crippen LogP contribution is 2.46. The van der Waals surface area contributed by atoms with Crippen molar-refractivity contribution in [2.24, 2.45) is 0 Å². The van der Waals surface area contributed by atoms with E-state index in [0.29, 0.717) is 47.7 Å². The molecule has 572 valence electrons.